The van der Waals surface area contributed by atoms with Crippen LogP contribution in [0.5, 0.6) is 0 Å². The van der Waals surface area contributed by atoms with Gasteiger partial charge >= 0.3 is 0 Å². The molecular weight excluding hydrogens is 106 g/mol. The molecule has 0 saturated carbocycles. The van der Waals surface area contributed by atoms with Crippen LogP contribution in [0.1, 0.15) is 6.92 Å². The van der Waals surface area contributed by atoms with Crippen molar-refractivity contribution in [2.45, 2.75) is 6.92 Å². The van der Waals surface area contributed by atoms with Crippen LogP contribution in [-0.2, 0) is 4.79 Å². The Morgan fingerprint density at radius 3 is 2.20 bits per heavy atom. The van der Waals surface area contributed by atoms with Gasteiger partial charge in [-0.05, 0) is 6.92 Å². The summed E-state index contributed by atoms with van der Waals surface area (Å²) in [5.41, 5.74) is 0.0478. The van der Waals surface area contributed by atoms with Crippen LogP contribution in [0.15, 0.2) is 0 Å². The summed E-state index contributed by atoms with van der Waals surface area (Å²) in [5.74, 6) is 0. The summed E-state index contributed by atoms with van der Waals surface area (Å²) in [6.07, 6.45) is 0. The van der Waals surface area contributed by atoms with E-state index in [2.05, 4.69) is 0 Å². The lowest BCUT2D eigenvalue weighted by molar-refractivity contribution is -0.109. The van der Waals surface area contributed by atoms with Crippen LogP contribution >= 0.6 is 19.2 Å². The second-order valence-corrected chi connectivity index (χ2v) is 2.11. The minimum absolute atomic E-state index is 0.0478. The molecule has 0 spiro atoms. The van der Waals surface area contributed by atoms with Crippen LogP contribution in [0.2, 0.25) is 0 Å². The number of hydrogen-bond acceptors (Lipinski definition) is 1. The molecule has 0 aromatic rings. The third-order valence-electron chi connectivity index (χ3n) is 0.133. The molecule has 0 heterocycles. The predicted molar refractivity (Wildman–Crippen MR) is 24.8 cm³/mol. The van der Waals surface area contributed by atoms with Crippen LogP contribution < -0.4 is 0 Å². The molecule has 5 heavy (non-hydrogen) atoms. The number of halogens is 1. The molecule has 0 saturated heterocycles. The molecule has 0 radical (unpaired) electrons. The van der Waals surface area contributed by atoms with E-state index in [1.165, 1.54) is 6.92 Å². The van der Waals surface area contributed by atoms with E-state index in [1.807, 2.05) is 0 Å². The molecule has 3 heteroatoms. The first-order valence-electron chi connectivity index (χ1n) is 1.14. The van der Waals surface area contributed by atoms with Crippen molar-refractivity contribution in [2.75, 3.05) is 0 Å². The van der Waals surface area contributed by atoms with Gasteiger partial charge in [-0.25, -0.2) is 0 Å². The third kappa shape index (κ3) is 4.39. The molecule has 0 amide bonds. The van der Waals surface area contributed by atoms with Crippen molar-refractivity contribution < 1.29 is 4.79 Å². The maximum Gasteiger partial charge on any atom is 0.163 e. The lowest BCUT2D eigenvalue weighted by Crippen LogP contribution is -1.65. The first-order chi connectivity index (χ1) is 2.27. The van der Waals surface area contributed by atoms with Gasteiger partial charge < -0.3 is 0 Å². The average molecular weight is 110 g/mol. The standard InChI is InChI=1S/C2H4ClOP/c1-2(4)5-3/h5H,1H3. The smallest absolute Gasteiger partial charge is 0.163 e. The fourth-order valence-electron chi connectivity index (χ4n) is 0. The van der Waals surface area contributed by atoms with E-state index >= 15 is 0 Å². The highest BCUT2D eigenvalue weighted by Crippen LogP contribution is 2.14. The Hall–Kier alpha value is 0.390. The van der Waals surface area contributed by atoms with Gasteiger partial charge in [0, 0.05) is 7.93 Å². The average Bonchev–Trinajstić information content (AvgIpc) is 1.38. The summed E-state index contributed by atoms with van der Waals surface area (Å²) in [6.45, 7) is 1.46. The molecule has 0 rings (SSSR count). The predicted octanol–water partition coefficient (Wildman–Crippen LogP) is 1.37. The van der Waals surface area contributed by atoms with Gasteiger partial charge in [0.2, 0.25) is 0 Å². The highest BCUT2D eigenvalue weighted by molar-refractivity contribution is 7.82. The Morgan fingerprint density at radius 2 is 2.20 bits per heavy atom. The largest absolute Gasteiger partial charge is 0.294 e. The lowest BCUT2D eigenvalue weighted by atomic mass is 10.9. The second kappa shape index (κ2) is 2.62. The van der Waals surface area contributed by atoms with Crippen LogP contribution in [-0.4, -0.2) is 5.52 Å². The summed E-state index contributed by atoms with van der Waals surface area (Å²) in [7, 11) is -0.0525. The summed E-state index contributed by atoms with van der Waals surface area (Å²) in [6, 6.07) is 0. The zero-order valence-electron chi connectivity index (χ0n) is 2.79. The third-order valence-corrected chi connectivity index (χ3v) is 1.20. The number of hydrogen-bond donors (Lipinski definition) is 0. The molecule has 0 N–H and O–H groups in total. The van der Waals surface area contributed by atoms with Gasteiger partial charge in [0.15, 0.2) is 5.52 Å². The van der Waals surface area contributed by atoms with Gasteiger partial charge in [0.05, 0.1) is 0 Å². The van der Waals surface area contributed by atoms with Crippen LogP contribution in [0.25, 0.3) is 0 Å². The van der Waals surface area contributed by atoms with Crippen LogP contribution in [0, 0.1) is 0 Å². The van der Waals surface area contributed by atoms with Crippen LogP contribution in [0.4, 0.5) is 0 Å². The fraction of sp³-hybridized carbons (Fsp3) is 0.500. The Balaban J connectivity index is 2.85. The van der Waals surface area contributed by atoms with E-state index in [-0.39, 0.29) is 13.5 Å². The second-order valence-electron chi connectivity index (χ2n) is 0.651. The van der Waals surface area contributed by atoms with Gasteiger partial charge in [0.25, 0.3) is 0 Å². The molecule has 0 fully saturated rings. The molecule has 0 aromatic heterocycles. The Labute approximate surface area is 37.3 Å². The van der Waals surface area contributed by atoms with Crippen molar-refractivity contribution in [3.05, 3.63) is 0 Å². The monoisotopic (exact) mass is 110 g/mol. The van der Waals surface area contributed by atoms with Crippen molar-refractivity contribution in [1.82, 2.24) is 0 Å². The molecular formula is C2H4ClOP. The number of carbonyl (C=O) groups excluding carboxylic acids is 1. The molecule has 0 aliphatic heterocycles. The van der Waals surface area contributed by atoms with Gasteiger partial charge in [-0.15, -0.1) is 0 Å². The van der Waals surface area contributed by atoms with Gasteiger partial charge in [0.1, 0.15) is 0 Å². The summed E-state index contributed by atoms with van der Waals surface area (Å²) >= 11 is 5.01. The minimum Gasteiger partial charge on any atom is -0.294 e. The summed E-state index contributed by atoms with van der Waals surface area (Å²) < 4.78 is 0. The zero-order valence-corrected chi connectivity index (χ0v) is 4.54. The van der Waals surface area contributed by atoms with Crippen LogP contribution in [0.3, 0.4) is 0 Å². The van der Waals surface area contributed by atoms with Crippen molar-refractivity contribution >= 4 is 24.7 Å². The molecule has 0 bridgehead atoms. The molecule has 1 nitrogen and oxygen atoms in total. The van der Waals surface area contributed by atoms with E-state index in [4.69, 9.17) is 11.2 Å². The summed E-state index contributed by atoms with van der Waals surface area (Å²) in [5, 5.41) is 0. The van der Waals surface area contributed by atoms with Crippen molar-refractivity contribution in [3.8, 4) is 0 Å². The maximum atomic E-state index is 9.69. The molecule has 0 aliphatic rings. The molecule has 30 valence electrons. The Bertz CT molecular complexity index is 44.9. The highest BCUT2D eigenvalue weighted by atomic mass is 35.7. The molecule has 1 atom stereocenters. The first kappa shape index (κ1) is 5.39. The normalized spacial score (nSPS) is 10.0. The van der Waals surface area contributed by atoms with Crippen molar-refractivity contribution in [1.29, 1.82) is 0 Å². The molecule has 1 unspecified atom stereocenters. The van der Waals surface area contributed by atoms with E-state index < -0.39 is 0 Å². The Kier molecular flexibility index (Phi) is 2.82. The maximum absolute atomic E-state index is 9.69. The van der Waals surface area contributed by atoms with Crippen molar-refractivity contribution in [2.24, 2.45) is 0 Å². The lowest BCUT2D eigenvalue weighted by Gasteiger charge is -1.69. The highest BCUT2D eigenvalue weighted by Gasteiger charge is 1.79. The van der Waals surface area contributed by atoms with E-state index in [0.717, 1.165) is 0 Å². The molecule has 0 aliphatic carbocycles. The fourth-order valence-corrected chi connectivity index (χ4v) is 0. The summed E-state index contributed by atoms with van der Waals surface area (Å²) in [4.78, 5) is 9.69. The quantitative estimate of drug-likeness (QED) is 0.466. The van der Waals surface area contributed by atoms with Gasteiger partial charge in [-0.2, -0.15) is 0 Å². The van der Waals surface area contributed by atoms with Gasteiger partial charge in [-0.1, -0.05) is 11.2 Å². The SMILES string of the molecule is CC(=O)PCl. The zero-order chi connectivity index (χ0) is 4.28. The van der Waals surface area contributed by atoms with Crippen molar-refractivity contribution in [3.63, 3.8) is 0 Å². The van der Waals surface area contributed by atoms with E-state index in [1.54, 1.807) is 0 Å². The number of carbonyl (C=O) groups is 1. The number of rotatable bonds is 1. The van der Waals surface area contributed by atoms with E-state index in [9.17, 15) is 4.79 Å². The molecule has 0 aromatic carbocycles. The first-order valence-corrected chi connectivity index (χ1v) is 3.15. The van der Waals surface area contributed by atoms with Gasteiger partial charge in [-0.3, -0.25) is 4.79 Å². The minimum atomic E-state index is -0.0525. The van der Waals surface area contributed by atoms with E-state index in [0.29, 0.717) is 0 Å². The Morgan fingerprint density at radius 1 is 2.00 bits per heavy atom. The topological polar surface area (TPSA) is 17.1 Å².